The molecule has 0 radical (unpaired) electrons. The van der Waals surface area contributed by atoms with Gasteiger partial charge in [-0.05, 0) is 48.9 Å². The third kappa shape index (κ3) is 7.66. The Morgan fingerprint density at radius 2 is 1.73 bits per heavy atom. The van der Waals surface area contributed by atoms with Gasteiger partial charge < -0.3 is 10.2 Å². The van der Waals surface area contributed by atoms with Gasteiger partial charge >= 0.3 is 0 Å². The first kappa shape index (κ1) is 25.9. The highest BCUT2D eigenvalue weighted by molar-refractivity contribution is 7.99. The topological polar surface area (TPSA) is 49.4 Å². The number of amides is 2. The molecule has 0 bridgehead atoms. The quantitative estimate of drug-likeness (QED) is 0.398. The Labute approximate surface area is 211 Å². The van der Waals surface area contributed by atoms with Gasteiger partial charge in [-0.25, -0.2) is 0 Å². The lowest BCUT2D eigenvalue weighted by Gasteiger charge is -2.31. The number of halogens is 2. The van der Waals surface area contributed by atoms with Gasteiger partial charge in [0.05, 0.1) is 5.75 Å². The van der Waals surface area contributed by atoms with E-state index >= 15 is 0 Å². The van der Waals surface area contributed by atoms with E-state index in [1.54, 1.807) is 17.0 Å². The predicted octanol–water partition coefficient (Wildman–Crippen LogP) is 6.14. The Morgan fingerprint density at radius 1 is 1.06 bits per heavy atom. The van der Waals surface area contributed by atoms with Crippen LogP contribution in [-0.2, 0) is 21.8 Å². The maximum atomic E-state index is 13.3. The number of hydrogen-bond acceptors (Lipinski definition) is 3. The second kappa shape index (κ2) is 13.3. The van der Waals surface area contributed by atoms with Crippen LogP contribution in [0.25, 0.3) is 0 Å². The van der Waals surface area contributed by atoms with Gasteiger partial charge in [-0.3, -0.25) is 9.59 Å². The molecule has 1 unspecified atom stereocenters. The zero-order chi connectivity index (χ0) is 23.6. The lowest BCUT2D eigenvalue weighted by molar-refractivity contribution is -0.139. The molecule has 0 aromatic heterocycles. The van der Waals surface area contributed by atoms with Gasteiger partial charge in [0.15, 0.2) is 0 Å². The summed E-state index contributed by atoms with van der Waals surface area (Å²) in [7, 11) is 0. The first-order valence-corrected chi connectivity index (χ1v) is 13.5. The van der Waals surface area contributed by atoms with Gasteiger partial charge in [0.1, 0.15) is 6.04 Å². The van der Waals surface area contributed by atoms with Crippen molar-refractivity contribution in [2.24, 2.45) is 0 Å². The van der Waals surface area contributed by atoms with Crippen LogP contribution in [-0.4, -0.2) is 41.1 Å². The fourth-order valence-electron chi connectivity index (χ4n) is 4.26. The molecule has 0 heterocycles. The van der Waals surface area contributed by atoms with Crippen LogP contribution in [0.5, 0.6) is 0 Å². The molecule has 178 valence electrons. The van der Waals surface area contributed by atoms with Gasteiger partial charge in [-0.1, -0.05) is 79.4 Å². The highest BCUT2D eigenvalue weighted by Crippen LogP contribution is 2.28. The summed E-state index contributed by atoms with van der Waals surface area (Å²) in [5, 5.41) is 4.39. The van der Waals surface area contributed by atoms with Crippen molar-refractivity contribution in [3.8, 4) is 0 Å². The summed E-state index contributed by atoms with van der Waals surface area (Å²) in [5.74, 6) is 0.739. The summed E-state index contributed by atoms with van der Waals surface area (Å²) in [6.45, 7) is 2.48. The molecular weight excluding hydrogens is 475 g/mol. The average molecular weight is 508 g/mol. The van der Waals surface area contributed by atoms with E-state index in [1.165, 1.54) is 11.8 Å². The lowest BCUT2D eigenvalue weighted by atomic mass is 10.1. The van der Waals surface area contributed by atoms with Crippen LogP contribution in [0.1, 0.15) is 50.2 Å². The average Bonchev–Trinajstić information content (AvgIpc) is 3.32. The van der Waals surface area contributed by atoms with Gasteiger partial charge in [0.2, 0.25) is 11.8 Å². The summed E-state index contributed by atoms with van der Waals surface area (Å²) in [6.07, 6.45) is 5.64. The smallest absolute Gasteiger partial charge is 0.243 e. The molecule has 1 aliphatic rings. The Morgan fingerprint density at radius 3 is 2.36 bits per heavy atom. The summed E-state index contributed by atoms with van der Waals surface area (Å²) >= 11 is 14.0. The fourth-order valence-corrected chi connectivity index (χ4v) is 5.90. The summed E-state index contributed by atoms with van der Waals surface area (Å²) < 4.78 is 0. The van der Waals surface area contributed by atoms with Crippen LogP contribution in [0.4, 0.5) is 0 Å². The minimum Gasteiger partial charge on any atom is -0.352 e. The molecule has 0 saturated heterocycles. The number of benzene rings is 2. The van der Waals surface area contributed by atoms with Crippen molar-refractivity contribution in [3.05, 3.63) is 69.7 Å². The number of nitrogens with one attached hydrogen (secondary N) is 1. The van der Waals surface area contributed by atoms with Crippen LogP contribution in [0.2, 0.25) is 10.0 Å². The van der Waals surface area contributed by atoms with Crippen LogP contribution >= 0.6 is 35.0 Å². The molecule has 4 nitrogen and oxygen atoms in total. The maximum absolute atomic E-state index is 13.3. The molecule has 1 saturated carbocycles. The lowest BCUT2D eigenvalue weighted by Crippen LogP contribution is -2.52. The fraction of sp³-hybridized carbons (Fsp3) is 0.462. The molecule has 2 amide bonds. The monoisotopic (exact) mass is 506 g/mol. The number of hydrogen-bond donors (Lipinski definition) is 1. The minimum atomic E-state index is -0.466. The van der Waals surface area contributed by atoms with Crippen LogP contribution in [0.3, 0.4) is 0 Å². The van der Waals surface area contributed by atoms with E-state index in [-0.39, 0.29) is 23.6 Å². The summed E-state index contributed by atoms with van der Waals surface area (Å²) in [5.41, 5.74) is 1.98. The van der Waals surface area contributed by atoms with E-state index in [9.17, 15) is 9.59 Å². The molecule has 0 aliphatic heterocycles. The van der Waals surface area contributed by atoms with Gasteiger partial charge in [0.25, 0.3) is 0 Å². The number of carbonyl (C=O) groups excluding carboxylic acids is 2. The molecular formula is C26H32Cl2N2O2S. The number of nitrogens with zero attached hydrogens (tertiary/aromatic N) is 1. The van der Waals surface area contributed by atoms with Crippen LogP contribution in [0, 0.1) is 0 Å². The highest BCUT2D eigenvalue weighted by Gasteiger charge is 2.30. The van der Waals surface area contributed by atoms with Crippen molar-refractivity contribution in [1.82, 2.24) is 10.2 Å². The molecule has 1 aliphatic carbocycles. The van der Waals surface area contributed by atoms with E-state index in [1.807, 2.05) is 31.2 Å². The first-order valence-electron chi connectivity index (χ1n) is 11.6. The maximum Gasteiger partial charge on any atom is 0.243 e. The van der Waals surface area contributed by atoms with Gasteiger partial charge in [0, 0.05) is 28.4 Å². The molecule has 2 aromatic rings. The van der Waals surface area contributed by atoms with Crippen molar-refractivity contribution in [1.29, 1.82) is 0 Å². The minimum absolute atomic E-state index is 0.0347. The molecule has 3 rings (SSSR count). The number of carbonyl (C=O) groups is 2. The zero-order valence-electron chi connectivity index (χ0n) is 19.1. The largest absolute Gasteiger partial charge is 0.352 e. The normalized spacial score (nSPS) is 14.8. The standard InChI is InChI=1S/C26H32Cl2N2O2S/c1-2-24(26(32)29-20-11-6-7-12-20)30(16-15-19-9-4-3-5-10-19)25(31)18-33-17-21-22(27)13-8-14-23(21)28/h3-5,8-10,13-14,20,24H,2,6-7,11-12,15-18H2,1H3,(H,29,32). The first-order chi connectivity index (χ1) is 16.0. The molecule has 1 N–H and O–H groups in total. The Hall–Kier alpha value is -1.69. The third-order valence-corrected chi connectivity index (χ3v) is 7.76. The van der Waals surface area contributed by atoms with Crippen molar-refractivity contribution in [2.75, 3.05) is 12.3 Å². The number of rotatable bonds is 11. The summed E-state index contributed by atoms with van der Waals surface area (Å²) in [6, 6.07) is 15.3. The second-order valence-electron chi connectivity index (χ2n) is 8.43. The van der Waals surface area contributed by atoms with Gasteiger partial charge in [-0.15, -0.1) is 11.8 Å². The highest BCUT2D eigenvalue weighted by atomic mass is 35.5. The van der Waals surface area contributed by atoms with Crippen molar-refractivity contribution in [3.63, 3.8) is 0 Å². The molecule has 1 atom stereocenters. The van der Waals surface area contributed by atoms with Gasteiger partial charge in [-0.2, -0.15) is 0 Å². The second-order valence-corrected chi connectivity index (χ2v) is 10.2. The van der Waals surface area contributed by atoms with Crippen LogP contribution in [0.15, 0.2) is 48.5 Å². The van der Waals surface area contributed by atoms with E-state index in [0.717, 1.165) is 36.8 Å². The Kier molecular flexibility index (Phi) is 10.4. The third-order valence-electron chi connectivity index (χ3n) is 6.11. The van der Waals surface area contributed by atoms with Crippen molar-refractivity contribution in [2.45, 2.75) is 63.3 Å². The molecule has 0 spiro atoms. The van der Waals surface area contributed by atoms with Crippen molar-refractivity contribution >= 4 is 46.8 Å². The summed E-state index contributed by atoms with van der Waals surface area (Å²) in [4.78, 5) is 28.2. The molecule has 1 fully saturated rings. The van der Waals surface area contributed by atoms with E-state index < -0.39 is 6.04 Å². The molecule has 2 aromatic carbocycles. The molecule has 7 heteroatoms. The van der Waals surface area contributed by atoms with Crippen molar-refractivity contribution < 1.29 is 9.59 Å². The van der Waals surface area contributed by atoms with E-state index in [2.05, 4.69) is 17.4 Å². The predicted molar refractivity (Wildman–Crippen MR) is 139 cm³/mol. The number of thioether (sulfide) groups is 1. The van der Waals surface area contributed by atoms with E-state index in [0.29, 0.717) is 35.2 Å². The Balaban J connectivity index is 1.67. The zero-order valence-corrected chi connectivity index (χ0v) is 21.4. The Bertz CT molecular complexity index is 900. The van der Waals surface area contributed by atoms with Crippen LogP contribution < -0.4 is 5.32 Å². The van der Waals surface area contributed by atoms with E-state index in [4.69, 9.17) is 23.2 Å². The molecule has 33 heavy (non-hydrogen) atoms. The SMILES string of the molecule is CCC(C(=O)NC1CCCC1)N(CCc1ccccc1)C(=O)CSCc1c(Cl)cccc1Cl.